The van der Waals surface area contributed by atoms with Gasteiger partial charge < -0.3 is 14.8 Å². The highest BCUT2D eigenvalue weighted by Crippen LogP contribution is 2.22. The summed E-state index contributed by atoms with van der Waals surface area (Å²) in [6.45, 7) is 1.77. The van der Waals surface area contributed by atoms with Crippen molar-refractivity contribution in [3.63, 3.8) is 0 Å². The van der Waals surface area contributed by atoms with E-state index in [9.17, 15) is 13.2 Å². The number of nitrogens with zero attached hydrogens (tertiary/aromatic N) is 1. The fraction of sp³-hybridized carbons (Fsp3) is 0.381. The van der Waals surface area contributed by atoms with Gasteiger partial charge in [-0.1, -0.05) is 6.42 Å². The molecule has 0 aliphatic carbocycles. The van der Waals surface area contributed by atoms with Gasteiger partial charge in [-0.25, -0.2) is 8.42 Å². The lowest BCUT2D eigenvalue weighted by Gasteiger charge is -2.25. The average Bonchev–Trinajstić information content (AvgIpc) is 2.77. The van der Waals surface area contributed by atoms with Gasteiger partial charge >= 0.3 is 0 Å². The zero-order valence-electron chi connectivity index (χ0n) is 16.5. The van der Waals surface area contributed by atoms with E-state index < -0.39 is 10.0 Å². The van der Waals surface area contributed by atoms with Crippen molar-refractivity contribution in [1.82, 2.24) is 9.62 Å². The van der Waals surface area contributed by atoms with Gasteiger partial charge in [0.25, 0.3) is 5.91 Å². The molecule has 1 fully saturated rings. The summed E-state index contributed by atoms with van der Waals surface area (Å²) in [6, 6.07) is 13.2. The molecular weight excluding hydrogens is 392 g/mol. The van der Waals surface area contributed by atoms with E-state index in [2.05, 4.69) is 5.32 Å². The summed E-state index contributed by atoms with van der Waals surface area (Å²) in [4.78, 5) is 12.4. The number of carbonyl (C=O) groups excluding carboxylic acids is 1. The van der Waals surface area contributed by atoms with Crippen LogP contribution in [0.25, 0.3) is 0 Å². The summed E-state index contributed by atoms with van der Waals surface area (Å²) in [6.07, 6.45) is 2.89. The van der Waals surface area contributed by atoms with Gasteiger partial charge in [0.1, 0.15) is 18.1 Å². The molecule has 1 N–H and O–H groups in total. The third-order valence-corrected chi connectivity index (χ3v) is 6.70. The highest BCUT2D eigenvalue weighted by atomic mass is 32.2. The first-order valence-electron chi connectivity index (χ1n) is 9.66. The minimum absolute atomic E-state index is 0.195. The monoisotopic (exact) mass is 418 g/mol. The molecule has 0 unspecified atom stereocenters. The molecule has 0 radical (unpaired) electrons. The van der Waals surface area contributed by atoms with Crippen molar-refractivity contribution in [2.24, 2.45) is 0 Å². The molecule has 2 aromatic rings. The van der Waals surface area contributed by atoms with Crippen LogP contribution in [0, 0.1) is 0 Å². The normalized spacial score (nSPS) is 14.9. The molecule has 1 aliphatic heterocycles. The zero-order chi connectivity index (χ0) is 20.7. The van der Waals surface area contributed by atoms with Gasteiger partial charge in [0.2, 0.25) is 10.0 Å². The van der Waals surface area contributed by atoms with Gasteiger partial charge in [-0.15, -0.1) is 0 Å². The number of benzene rings is 2. The summed E-state index contributed by atoms with van der Waals surface area (Å²) < 4.78 is 37.5. The van der Waals surface area contributed by atoms with E-state index in [0.717, 1.165) is 19.3 Å². The summed E-state index contributed by atoms with van der Waals surface area (Å²) >= 11 is 0. The Labute approximate surface area is 171 Å². The lowest BCUT2D eigenvalue weighted by Crippen LogP contribution is -2.35. The van der Waals surface area contributed by atoms with Gasteiger partial charge in [-0.05, 0) is 61.4 Å². The first-order chi connectivity index (χ1) is 14.0. The maximum absolute atomic E-state index is 12.6. The molecule has 1 amide bonds. The molecule has 29 heavy (non-hydrogen) atoms. The molecule has 0 spiro atoms. The van der Waals surface area contributed by atoms with Crippen molar-refractivity contribution in [3.8, 4) is 11.5 Å². The van der Waals surface area contributed by atoms with E-state index in [4.69, 9.17) is 9.47 Å². The third-order valence-electron chi connectivity index (χ3n) is 4.79. The predicted octanol–water partition coefficient (Wildman–Crippen LogP) is 2.68. The van der Waals surface area contributed by atoms with E-state index in [1.54, 1.807) is 59.9 Å². The first kappa shape index (κ1) is 21.1. The Morgan fingerprint density at radius 1 is 0.966 bits per heavy atom. The van der Waals surface area contributed by atoms with E-state index in [1.165, 1.54) is 0 Å². The second kappa shape index (κ2) is 9.76. The molecule has 1 aliphatic rings. The Balaban J connectivity index is 1.47. The smallest absolute Gasteiger partial charge is 0.251 e. The number of ether oxygens (including phenoxy) is 2. The van der Waals surface area contributed by atoms with Crippen molar-refractivity contribution in [1.29, 1.82) is 0 Å². The van der Waals surface area contributed by atoms with E-state index >= 15 is 0 Å². The van der Waals surface area contributed by atoms with Crippen LogP contribution in [0.4, 0.5) is 0 Å². The largest absolute Gasteiger partial charge is 0.497 e. The number of nitrogens with one attached hydrogen (secondary N) is 1. The Morgan fingerprint density at radius 3 is 2.21 bits per heavy atom. The van der Waals surface area contributed by atoms with Gasteiger partial charge in [-0.3, -0.25) is 4.79 Å². The van der Waals surface area contributed by atoms with Crippen LogP contribution < -0.4 is 14.8 Å². The lowest BCUT2D eigenvalue weighted by molar-refractivity contribution is 0.0947. The van der Waals surface area contributed by atoms with Crippen molar-refractivity contribution >= 4 is 15.9 Å². The van der Waals surface area contributed by atoms with Crippen molar-refractivity contribution in [2.45, 2.75) is 24.2 Å². The maximum atomic E-state index is 12.6. The predicted molar refractivity (Wildman–Crippen MR) is 110 cm³/mol. The Bertz CT molecular complexity index is 905. The van der Waals surface area contributed by atoms with Crippen LogP contribution in [0.1, 0.15) is 29.6 Å². The van der Waals surface area contributed by atoms with Gasteiger partial charge in [0, 0.05) is 18.7 Å². The molecule has 0 saturated carbocycles. The average molecular weight is 419 g/mol. The maximum Gasteiger partial charge on any atom is 0.251 e. The Hall–Kier alpha value is -2.58. The number of piperidine rings is 1. The molecule has 0 atom stereocenters. The zero-order valence-corrected chi connectivity index (χ0v) is 17.3. The summed E-state index contributed by atoms with van der Waals surface area (Å²) in [5.74, 6) is 1.05. The van der Waals surface area contributed by atoms with E-state index in [-0.39, 0.29) is 17.4 Å². The number of carbonyl (C=O) groups is 1. The highest BCUT2D eigenvalue weighted by molar-refractivity contribution is 7.89. The van der Waals surface area contributed by atoms with Gasteiger partial charge in [0.15, 0.2) is 0 Å². The first-order valence-corrected chi connectivity index (χ1v) is 11.1. The SMILES string of the molecule is COc1ccc(C(=O)NCCOc2ccc(S(=O)(=O)N3CCCCC3)cc2)cc1. The van der Waals surface area contributed by atoms with Crippen molar-refractivity contribution in [3.05, 3.63) is 54.1 Å². The fourth-order valence-corrected chi connectivity index (χ4v) is 4.66. The molecule has 1 saturated heterocycles. The van der Waals surface area contributed by atoms with Crippen LogP contribution in [-0.2, 0) is 10.0 Å². The van der Waals surface area contributed by atoms with Gasteiger partial charge in [0.05, 0.1) is 18.6 Å². The van der Waals surface area contributed by atoms with Crippen LogP contribution >= 0.6 is 0 Å². The van der Waals surface area contributed by atoms with Crippen LogP contribution in [0.5, 0.6) is 11.5 Å². The van der Waals surface area contributed by atoms with Gasteiger partial charge in [-0.2, -0.15) is 4.31 Å². The molecule has 7 nitrogen and oxygen atoms in total. The second-order valence-corrected chi connectivity index (χ2v) is 8.71. The minimum Gasteiger partial charge on any atom is -0.497 e. The van der Waals surface area contributed by atoms with Crippen molar-refractivity contribution in [2.75, 3.05) is 33.4 Å². The summed E-state index contributed by atoms with van der Waals surface area (Å²) in [5, 5.41) is 2.78. The molecule has 2 aromatic carbocycles. The second-order valence-electron chi connectivity index (χ2n) is 6.77. The topological polar surface area (TPSA) is 84.9 Å². The number of rotatable bonds is 8. The quantitative estimate of drug-likeness (QED) is 0.667. The number of methoxy groups -OCH3 is 1. The lowest BCUT2D eigenvalue weighted by atomic mass is 10.2. The molecule has 0 aromatic heterocycles. The molecule has 156 valence electrons. The highest BCUT2D eigenvalue weighted by Gasteiger charge is 2.25. The summed E-state index contributed by atoms with van der Waals surface area (Å²) in [5.41, 5.74) is 0.540. The van der Waals surface area contributed by atoms with E-state index in [1.807, 2.05) is 0 Å². The van der Waals surface area contributed by atoms with Crippen LogP contribution in [0.2, 0.25) is 0 Å². The number of hydrogen-bond donors (Lipinski definition) is 1. The van der Waals surface area contributed by atoms with Crippen LogP contribution in [-0.4, -0.2) is 52.0 Å². The Morgan fingerprint density at radius 2 is 1.59 bits per heavy atom. The number of sulfonamides is 1. The fourth-order valence-electron chi connectivity index (χ4n) is 3.14. The van der Waals surface area contributed by atoms with E-state index in [0.29, 0.717) is 36.7 Å². The van der Waals surface area contributed by atoms with Crippen LogP contribution in [0.3, 0.4) is 0 Å². The minimum atomic E-state index is -3.44. The number of hydrogen-bond acceptors (Lipinski definition) is 5. The molecule has 0 bridgehead atoms. The molecule has 8 heteroatoms. The van der Waals surface area contributed by atoms with Crippen molar-refractivity contribution < 1.29 is 22.7 Å². The number of amides is 1. The standard InChI is InChI=1S/C21H26N2O5S/c1-27-18-7-5-17(6-8-18)21(24)22-13-16-28-19-9-11-20(12-10-19)29(25,26)23-14-3-2-4-15-23/h5-12H,2-4,13-16H2,1H3,(H,22,24). The molecule has 3 rings (SSSR count). The summed E-state index contributed by atoms with van der Waals surface area (Å²) in [7, 11) is -1.87. The third kappa shape index (κ3) is 5.48. The molecule has 1 heterocycles. The molecular formula is C21H26N2O5S. The van der Waals surface area contributed by atoms with Crippen LogP contribution in [0.15, 0.2) is 53.4 Å². The Kier molecular flexibility index (Phi) is 7.11.